The van der Waals surface area contributed by atoms with Gasteiger partial charge in [-0.05, 0) is 74.4 Å². The number of carbonyl (C=O) groups is 3. The number of likely N-dealkylation sites (tertiary alicyclic amines) is 1. The van der Waals surface area contributed by atoms with Crippen molar-refractivity contribution in [3.63, 3.8) is 0 Å². The summed E-state index contributed by atoms with van der Waals surface area (Å²) in [5.74, 6) is 0.490. The molecule has 3 fully saturated rings. The molecular weight excluding hydrogens is 598 g/mol. The van der Waals surface area contributed by atoms with E-state index in [0.717, 1.165) is 44.9 Å². The number of piperazine rings is 1. The predicted octanol–water partition coefficient (Wildman–Crippen LogP) is 3.55. The van der Waals surface area contributed by atoms with Gasteiger partial charge in [0.25, 0.3) is 5.91 Å². The number of halogens is 1. The van der Waals surface area contributed by atoms with Gasteiger partial charge in [-0.15, -0.1) is 12.4 Å². The molecule has 5 rings (SSSR count). The summed E-state index contributed by atoms with van der Waals surface area (Å²) >= 11 is 0. The van der Waals surface area contributed by atoms with Crippen LogP contribution in [0, 0.1) is 5.92 Å². The van der Waals surface area contributed by atoms with Crippen molar-refractivity contribution in [1.82, 2.24) is 25.4 Å². The Morgan fingerprint density at radius 2 is 1.73 bits per heavy atom. The summed E-state index contributed by atoms with van der Waals surface area (Å²) in [7, 11) is 1.58. The summed E-state index contributed by atoms with van der Waals surface area (Å²) < 4.78 is 5.84. The van der Waals surface area contributed by atoms with E-state index in [1.807, 2.05) is 4.90 Å². The van der Waals surface area contributed by atoms with Gasteiger partial charge in [-0.2, -0.15) is 0 Å². The fourth-order valence-corrected chi connectivity index (χ4v) is 6.84. The van der Waals surface area contributed by atoms with Crippen LogP contribution in [0.25, 0.3) is 0 Å². The monoisotopic (exact) mass is 643 g/mol. The second kappa shape index (κ2) is 15.4. The van der Waals surface area contributed by atoms with Crippen molar-refractivity contribution in [3.8, 4) is 11.5 Å². The largest absolute Gasteiger partial charge is 0.456 e. The van der Waals surface area contributed by atoms with Crippen molar-refractivity contribution >= 4 is 30.1 Å². The third-order valence-electron chi connectivity index (χ3n) is 9.54. The highest BCUT2D eigenvalue weighted by atomic mass is 35.5. The van der Waals surface area contributed by atoms with Crippen LogP contribution in [0.2, 0.25) is 0 Å². The molecule has 11 nitrogen and oxygen atoms in total. The lowest BCUT2D eigenvalue weighted by Gasteiger charge is -2.53. The smallest absolute Gasteiger partial charge is 0.251 e. The number of hydrogen-bond donors (Lipinski definition) is 4. The average molecular weight is 644 g/mol. The maximum atomic E-state index is 13.8. The Kier molecular flexibility index (Phi) is 11.8. The topological polar surface area (TPSA) is 144 Å². The molecular formula is C33H46ClN5O6. The van der Waals surface area contributed by atoms with Gasteiger partial charge in [0.15, 0.2) is 6.23 Å². The summed E-state index contributed by atoms with van der Waals surface area (Å²) in [6, 6.07) is 9.26. The van der Waals surface area contributed by atoms with Gasteiger partial charge in [-0.1, -0.05) is 32.6 Å². The number of amides is 3. The maximum Gasteiger partial charge on any atom is 0.251 e. The van der Waals surface area contributed by atoms with Gasteiger partial charge in [0.2, 0.25) is 11.8 Å². The van der Waals surface area contributed by atoms with E-state index < -0.39 is 23.9 Å². The summed E-state index contributed by atoms with van der Waals surface area (Å²) in [5, 5.41) is 27.9. The molecule has 4 N–H and O–H groups in total. The summed E-state index contributed by atoms with van der Waals surface area (Å²) in [4.78, 5) is 47.4. The zero-order valence-corrected chi connectivity index (χ0v) is 26.9. The molecule has 2 saturated heterocycles. The van der Waals surface area contributed by atoms with Gasteiger partial charge in [0.05, 0.1) is 18.0 Å². The predicted molar refractivity (Wildman–Crippen MR) is 171 cm³/mol. The molecule has 3 aliphatic rings. The standard InChI is InChI=1S/C33H45N5O6.ClH/c1-3-4-18-38-31(42)27(28(39)22-8-6-5-7-9-22)36-32(43)33(38)16-19-37(20-17-33)30(41)26-15-14-25(21-35-26)44-24-12-10-23(11-13-24)29(40)34-2;/h10-15,21-22,27-28,30,39,41H,3-9,16-20H2,1-2H3,(H,34,40)(H,36,43);1H/t27-,28-,30?;/m1./s1. The number of carbonyl (C=O) groups excluding carboxylic acids is 3. The van der Waals surface area contributed by atoms with E-state index in [9.17, 15) is 24.6 Å². The van der Waals surface area contributed by atoms with Crippen molar-refractivity contribution in [2.45, 2.75) is 88.6 Å². The van der Waals surface area contributed by atoms with Crippen LogP contribution in [0.15, 0.2) is 42.6 Å². The first kappa shape index (κ1) is 34.6. The fraction of sp³-hybridized carbons (Fsp3) is 0.576. The molecule has 1 spiro atoms. The minimum Gasteiger partial charge on any atom is -0.456 e. The van der Waals surface area contributed by atoms with E-state index in [0.29, 0.717) is 55.2 Å². The molecule has 1 unspecified atom stereocenters. The van der Waals surface area contributed by atoms with Gasteiger partial charge in [-0.25, -0.2) is 0 Å². The highest BCUT2D eigenvalue weighted by Crippen LogP contribution is 2.37. The molecule has 0 radical (unpaired) electrons. The van der Waals surface area contributed by atoms with Crippen LogP contribution < -0.4 is 15.4 Å². The zero-order valence-electron chi connectivity index (χ0n) is 26.1. The number of aliphatic hydroxyl groups is 2. The summed E-state index contributed by atoms with van der Waals surface area (Å²) in [6.07, 6.45) is 7.06. The molecule has 1 saturated carbocycles. The van der Waals surface area contributed by atoms with Crippen LogP contribution in [0.3, 0.4) is 0 Å². The number of pyridine rings is 1. The Morgan fingerprint density at radius 3 is 2.33 bits per heavy atom. The quantitative estimate of drug-likeness (QED) is 0.308. The van der Waals surface area contributed by atoms with Crippen LogP contribution in [0.1, 0.15) is 87.0 Å². The minimum absolute atomic E-state index is 0. The number of nitrogens with zero attached hydrogens (tertiary/aromatic N) is 3. The molecule has 45 heavy (non-hydrogen) atoms. The van der Waals surface area contributed by atoms with Crippen molar-refractivity contribution < 1.29 is 29.3 Å². The third kappa shape index (κ3) is 7.43. The van der Waals surface area contributed by atoms with E-state index in [4.69, 9.17) is 4.74 Å². The van der Waals surface area contributed by atoms with Crippen LogP contribution >= 0.6 is 12.4 Å². The first-order chi connectivity index (χ1) is 21.3. The lowest BCUT2D eigenvalue weighted by Crippen LogP contribution is -2.75. The normalized spacial score (nSPS) is 21.9. The number of ether oxygens (including phenoxy) is 1. The number of benzene rings is 1. The molecule has 0 bridgehead atoms. The lowest BCUT2D eigenvalue weighted by atomic mass is 9.78. The molecule has 3 heterocycles. The van der Waals surface area contributed by atoms with E-state index in [2.05, 4.69) is 22.5 Å². The number of unbranched alkanes of at least 4 members (excludes halogenated alkanes) is 1. The highest BCUT2D eigenvalue weighted by molar-refractivity contribution is 6.00. The van der Waals surface area contributed by atoms with Crippen molar-refractivity contribution in [2.75, 3.05) is 26.7 Å². The molecule has 1 aromatic heterocycles. The Hall–Kier alpha value is -3.25. The molecule has 2 aliphatic heterocycles. The van der Waals surface area contributed by atoms with E-state index in [1.165, 1.54) is 6.20 Å². The van der Waals surface area contributed by atoms with Gasteiger partial charge in [0, 0.05) is 32.2 Å². The summed E-state index contributed by atoms with van der Waals surface area (Å²) in [5.41, 5.74) is -0.0184. The molecule has 246 valence electrons. The zero-order chi connectivity index (χ0) is 31.3. The number of aromatic nitrogens is 1. The molecule has 12 heteroatoms. The second-order valence-corrected chi connectivity index (χ2v) is 12.2. The van der Waals surface area contributed by atoms with Crippen molar-refractivity contribution in [1.29, 1.82) is 0 Å². The number of hydrogen-bond acceptors (Lipinski definition) is 8. The Labute approximate surface area is 271 Å². The van der Waals surface area contributed by atoms with Crippen molar-refractivity contribution in [2.24, 2.45) is 5.92 Å². The molecule has 3 atom stereocenters. The van der Waals surface area contributed by atoms with Crippen LogP contribution in [-0.2, 0) is 9.59 Å². The Balaban J connectivity index is 0.00000461. The highest BCUT2D eigenvalue weighted by Gasteiger charge is 2.55. The number of rotatable bonds is 10. The SMILES string of the molecule is CCCCN1C(=O)[C@@H]([C@H](O)C2CCCCC2)NC(=O)C12CCN(C(O)c1ccc(Oc3ccc(C(=O)NC)cc3)cn1)CC2.Cl. The van der Waals surface area contributed by atoms with Gasteiger partial charge >= 0.3 is 0 Å². The number of piperidine rings is 1. The van der Waals surface area contributed by atoms with E-state index >= 15 is 0 Å². The van der Waals surface area contributed by atoms with Crippen LogP contribution in [-0.4, -0.2) is 87.1 Å². The van der Waals surface area contributed by atoms with Gasteiger partial charge < -0.3 is 30.5 Å². The Morgan fingerprint density at radius 1 is 1.07 bits per heavy atom. The minimum atomic E-state index is -0.996. The molecule has 2 aromatic rings. The van der Waals surface area contributed by atoms with E-state index in [-0.39, 0.29) is 36.0 Å². The molecule has 3 amide bonds. The Bertz CT molecular complexity index is 1300. The van der Waals surface area contributed by atoms with Crippen molar-refractivity contribution in [3.05, 3.63) is 53.9 Å². The van der Waals surface area contributed by atoms with Crippen LogP contribution in [0.5, 0.6) is 11.5 Å². The lowest BCUT2D eigenvalue weighted by molar-refractivity contribution is -0.167. The number of nitrogens with one attached hydrogen (secondary N) is 2. The second-order valence-electron chi connectivity index (χ2n) is 12.2. The maximum absolute atomic E-state index is 13.8. The van der Waals surface area contributed by atoms with Gasteiger partial charge in [-0.3, -0.25) is 24.3 Å². The molecule has 1 aromatic carbocycles. The first-order valence-electron chi connectivity index (χ1n) is 16.0. The average Bonchev–Trinajstić information content (AvgIpc) is 3.07. The van der Waals surface area contributed by atoms with Crippen LogP contribution in [0.4, 0.5) is 0 Å². The van der Waals surface area contributed by atoms with E-state index in [1.54, 1.807) is 48.3 Å². The number of aliphatic hydroxyl groups excluding tert-OH is 2. The first-order valence-corrected chi connectivity index (χ1v) is 16.0. The third-order valence-corrected chi connectivity index (χ3v) is 9.54. The van der Waals surface area contributed by atoms with Gasteiger partial charge in [0.1, 0.15) is 23.1 Å². The molecule has 1 aliphatic carbocycles. The fourth-order valence-electron chi connectivity index (χ4n) is 6.84. The summed E-state index contributed by atoms with van der Waals surface area (Å²) in [6.45, 7) is 3.33.